The molecule has 3 aromatic rings. The summed E-state index contributed by atoms with van der Waals surface area (Å²) in [5.41, 5.74) is 1.51. The molecule has 1 aliphatic rings. The van der Waals surface area contributed by atoms with E-state index in [1.807, 2.05) is 35.2 Å². The molecule has 6 heteroatoms. The molecule has 1 fully saturated rings. The Morgan fingerprint density at radius 1 is 1.08 bits per heavy atom. The number of piperidine rings is 1. The van der Waals surface area contributed by atoms with Gasteiger partial charge >= 0.3 is 0 Å². The van der Waals surface area contributed by atoms with Gasteiger partial charge in [0.25, 0.3) is 5.91 Å². The number of carbonyl (C=O) groups is 1. The maximum absolute atomic E-state index is 13.0. The molecule has 1 aliphatic heterocycles. The average molecular weight is 368 g/mol. The number of amides is 1. The second-order valence-electron chi connectivity index (χ2n) is 6.34. The molecule has 1 atom stereocenters. The normalized spacial score (nSPS) is 17.3. The van der Waals surface area contributed by atoms with Gasteiger partial charge < -0.3 is 9.42 Å². The smallest absolute Gasteiger partial charge is 0.254 e. The highest BCUT2D eigenvalue weighted by atomic mass is 35.5. The average Bonchev–Trinajstić information content (AvgIpc) is 3.19. The van der Waals surface area contributed by atoms with Crippen molar-refractivity contribution in [3.63, 3.8) is 0 Å². The van der Waals surface area contributed by atoms with Crippen molar-refractivity contribution in [1.29, 1.82) is 0 Å². The van der Waals surface area contributed by atoms with E-state index in [0.29, 0.717) is 28.8 Å². The van der Waals surface area contributed by atoms with Crippen LogP contribution in [0, 0.1) is 0 Å². The third-order valence-corrected chi connectivity index (χ3v) is 4.87. The van der Waals surface area contributed by atoms with Crippen molar-refractivity contribution in [1.82, 2.24) is 15.0 Å². The molecule has 0 N–H and O–H groups in total. The Morgan fingerprint density at radius 3 is 2.62 bits per heavy atom. The second kappa shape index (κ2) is 7.30. The SMILES string of the molecule is O=C(c1ccc(Cl)cc1)N1CCCCC1c1nc(-c2ccccc2)no1. The van der Waals surface area contributed by atoms with Gasteiger partial charge in [0.05, 0.1) is 0 Å². The fourth-order valence-corrected chi connectivity index (χ4v) is 3.39. The fraction of sp³-hybridized carbons (Fsp3) is 0.250. The van der Waals surface area contributed by atoms with Crippen molar-refractivity contribution in [2.75, 3.05) is 6.54 Å². The van der Waals surface area contributed by atoms with Gasteiger partial charge in [-0.05, 0) is 43.5 Å². The lowest BCUT2D eigenvalue weighted by molar-refractivity contribution is 0.0561. The molecule has 0 bridgehead atoms. The summed E-state index contributed by atoms with van der Waals surface area (Å²) in [5.74, 6) is 1.00. The lowest BCUT2D eigenvalue weighted by Crippen LogP contribution is -2.38. The summed E-state index contributed by atoms with van der Waals surface area (Å²) in [7, 11) is 0. The molecule has 1 saturated heterocycles. The third-order valence-electron chi connectivity index (χ3n) is 4.61. The minimum atomic E-state index is -0.197. The topological polar surface area (TPSA) is 59.2 Å². The summed E-state index contributed by atoms with van der Waals surface area (Å²) >= 11 is 5.93. The molecule has 4 rings (SSSR count). The Morgan fingerprint density at radius 2 is 1.85 bits per heavy atom. The van der Waals surface area contributed by atoms with Gasteiger partial charge in [-0.3, -0.25) is 4.79 Å². The van der Waals surface area contributed by atoms with Crippen molar-refractivity contribution in [3.8, 4) is 11.4 Å². The highest BCUT2D eigenvalue weighted by Crippen LogP contribution is 2.32. The van der Waals surface area contributed by atoms with Crippen molar-refractivity contribution < 1.29 is 9.32 Å². The first-order chi connectivity index (χ1) is 12.7. The summed E-state index contributed by atoms with van der Waals surface area (Å²) in [4.78, 5) is 19.3. The molecule has 132 valence electrons. The van der Waals surface area contributed by atoms with Crippen LogP contribution in [-0.4, -0.2) is 27.5 Å². The van der Waals surface area contributed by atoms with Crippen molar-refractivity contribution in [2.45, 2.75) is 25.3 Å². The summed E-state index contributed by atoms with van der Waals surface area (Å²) in [6.45, 7) is 0.676. The van der Waals surface area contributed by atoms with Crippen molar-refractivity contribution in [3.05, 3.63) is 71.1 Å². The first-order valence-electron chi connectivity index (χ1n) is 8.68. The molecular weight excluding hydrogens is 350 g/mol. The molecule has 1 unspecified atom stereocenters. The summed E-state index contributed by atoms with van der Waals surface area (Å²) < 4.78 is 5.52. The molecule has 5 nitrogen and oxygen atoms in total. The Balaban J connectivity index is 1.61. The summed E-state index contributed by atoms with van der Waals surface area (Å²) in [6.07, 6.45) is 2.81. The molecule has 1 amide bonds. The number of hydrogen-bond donors (Lipinski definition) is 0. The third kappa shape index (κ3) is 3.35. The number of aromatic nitrogens is 2. The Labute approximate surface area is 156 Å². The van der Waals surface area contributed by atoms with Gasteiger partial charge in [0.1, 0.15) is 6.04 Å². The van der Waals surface area contributed by atoms with E-state index >= 15 is 0 Å². The van der Waals surface area contributed by atoms with Crippen LogP contribution in [0.3, 0.4) is 0 Å². The number of halogens is 1. The monoisotopic (exact) mass is 367 g/mol. The molecule has 1 aromatic heterocycles. The molecule has 2 aromatic carbocycles. The predicted octanol–water partition coefficient (Wildman–Crippen LogP) is 4.76. The largest absolute Gasteiger partial charge is 0.337 e. The number of nitrogens with zero attached hydrogens (tertiary/aromatic N) is 3. The van der Waals surface area contributed by atoms with E-state index in [1.165, 1.54) is 0 Å². The van der Waals surface area contributed by atoms with Crippen LogP contribution in [-0.2, 0) is 0 Å². The molecular formula is C20H18ClN3O2. The fourth-order valence-electron chi connectivity index (χ4n) is 3.26. The summed E-state index contributed by atoms with van der Waals surface area (Å²) in [5, 5.41) is 4.71. The number of carbonyl (C=O) groups excluding carboxylic acids is 1. The van der Waals surface area contributed by atoms with E-state index in [-0.39, 0.29) is 11.9 Å². The van der Waals surface area contributed by atoms with Crippen LogP contribution < -0.4 is 0 Å². The van der Waals surface area contributed by atoms with Gasteiger partial charge in [-0.1, -0.05) is 47.1 Å². The van der Waals surface area contributed by atoms with Crippen LogP contribution >= 0.6 is 11.6 Å². The number of likely N-dealkylation sites (tertiary alicyclic amines) is 1. The second-order valence-corrected chi connectivity index (χ2v) is 6.78. The van der Waals surface area contributed by atoms with Crippen LogP contribution in [0.25, 0.3) is 11.4 Å². The van der Waals surface area contributed by atoms with Gasteiger partial charge in [-0.2, -0.15) is 4.98 Å². The Bertz CT molecular complexity index is 893. The van der Waals surface area contributed by atoms with E-state index in [1.54, 1.807) is 24.3 Å². The maximum Gasteiger partial charge on any atom is 0.254 e. The zero-order chi connectivity index (χ0) is 17.9. The van der Waals surface area contributed by atoms with Crippen LogP contribution in [0.1, 0.15) is 41.6 Å². The lowest BCUT2D eigenvalue weighted by atomic mass is 10.0. The first-order valence-corrected chi connectivity index (χ1v) is 9.06. The minimum absolute atomic E-state index is 0.0363. The van der Waals surface area contributed by atoms with E-state index in [4.69, 9.17) is 16.1 Å². The lowest BCUT2D eigenvalue weighted by Gasteiger charge is -2.33. The maximum atomic E-state index is 13.0. The quantitative estimate of drug-likeness (QED) is 0.669. The van der Waals surface area contributed by atoms with Crippen LogP contribution in [0.15, 0.2) is 59.1 Å². The van der Waals surface area contributed by atoms with Gasteiger partial charge in [0.15, 0.2) is 0 Å². The molecule has 2 heterocycles. The van der Waals surface area contributed by atoms with E-state index in [0.717, 1.165) is 24.8 Å². The van der Waals surface area contributed by atoms with E-state index in [9.17, 15) is 4.79 Å². The molecule has 0 aliphatic carbocycles. The minimum Gasteiger partial charge on any atom is -0.337 e. The number of rotatable bonds is 3. The molecule has 0 radical (unpaired) electrons. The van der Waals surface area contributed by atoms with E-state index in [2.05, 4.69) is 10.1 Å². The standard InChI is InChI=1S/C20H18ClN3O2/c21-16-11-9-15(10-12-16)20(25)24-13-5-4-8-17(24)19-22-18(23-26-19)14-6-2-1-3-7-14/h1-3,6-7,9-12,17H,4-5,8,13H2. The van der Waals surface area contributed by atoms with Crippen LogP contribution in [0.5, 0.6) is 0 Å². The number of benzene rings is 2. The highest BCUT2D eigenvalue weighted by Gasteiger charge is 2.32. The first kappa shape index (κ1) is 16.8. The molecule has 0 spiro atoms. The number of hydrogen-bond acceptors (Lipinski definition) is 4. The highest BCUT2D eigenvalue weighted by molar-refractivity contribution is 6.30. The zero-order valence-corrected chi connectivity index (χ0v) is 14.9. The molecule has 0 saturated carbocycles. The van der Waals surface area contributed by atoms with Gasteiger partial charge in [0.2, 0.25) is 11.7 Å². The van der Waals surface area contributed by atoms with Gasteiger partial charge in [-0.25, -0.2) is 0 Å². The Kier molecular flexibility index (Phi) is 4.71. The van der Waals surface area contributed by atoms with E-state index < -0.39 is 0 Å². The van der Waals surface area contributed by atoms with Gasteiger partial charge in [-0.15, -0.1) is 0 Å². The zero-order valence-electron chi connectivity index (χ0n) is 14.1. The van der Waals surface area contributed by atoms with Crippen LogP contribution in [0.4, 0.5) is 0 Å². The van der Waals surface area contributed by atoms with Crippen LogP contribution in [0.2, 0.25) is 5.02 Å². The Hall–Kier alpha value is -2.66. The van der Waals surface area contributed by atoms with Gasteiger partial charge in [0, 0.05) is 22.7 Å². The van der Waals surface area contributed by atoms with Crippen molar-refractivity contribution >= 4 is 17.5 Å². The molecule has 26 heavy (non-hydrogen) atoms. The predicted molar refractivity (Wildman–Crippen MR) is 98.8 cm³/mol. The van der Waals surface area contributed by atoms with Crippen molar-refractivity contribution in [2.24, 2.45) is 0 Å². The summed E-state index contributed by atoms with van der Waals surface area (Å²) in [6, 6.07) is 16.4.